The maximum absolute atomic E-state index is 12.1. The van der Waals surface area contributed by atoms with Crippen LogP contribution in [0.1, 0.15) is 56.0 Å². The fraction of sp³-hybridized carbons (Fsp3) is 0.476. The number of aliphatic imine (C=N–C) groups is 1. The van der Waals surface area contributed by atoms with Gasteiger partial charge in [-0.15, -0.1) is 24.0 Å². The summed E-state index contributed by atoms with van der Waals surface area (Å²) in [6.07, 6.45) is 3.15. The van der Waals surface area contributed by atoms with E-state index in [-0.39, 0.29) is 35.8 Å². The van der Waals surface area contributed by atoms with Crippen LogP contribution in [0.5, 0.6) is 0 Å². The van der Waals surface area contributed by atoms with E-state index in [2.05, 4.69) is 39.9 Å². The van der Waals surface area contributed by atoms with E-state index in [0.717, 1.165) is 42.0 Å². The molecule has 2 aromatic rings. The maximum Gasteiger partial charge on any atom is 0.227 e. The second-order valence-corrected chi connectivity index (χ2v) is 7.47. The van der Waals surface area contributed by atoms with E-state index in [0.29, 0.717) is 25.0 Å². The van der Waals surface area contributed by atoms with Crippen molar-refractivity contribution < 1.29 is 9.32 Å². The van der Waals surface area contributed by atoms with Gasteiger partial charge in [0.15, 0.2) is 11.7 Å². The van der Waals surface area contributed by atoms with Crippen molar-refractivity contribution in [1.29, 1.82) is 0 Å². The number of halogens is 1. The van der Waals surface area contributed by atoms with Crippen molar-refractivity contribution in [2.45, 2.75) is 52.1 Å². The molecule has 29 heavy (non-hydrogen) atoms. The van der Waals surface area contributed by atoms with Crippen LogP contribution in [0.3, 0.4) is 0 Å². The highest BCUT2D eigenvalue weighted by molar-refractivity contribution is 14.0. The zero-order valence-corrected chi connectivity index (χ0v) is 19.5. The molecule has 0 bridgehead atoms. The van der Waals surface area contributed by atoms with Gasteiger partial charge in [-0.2, -0.15) is 0 Å². The summed E-state index contributed by atoms with van der Waals surface area (Å²) in [5, 5.41) is 13.6. The van der Waals surface area contributed by atoms with Gasteiger partial charge in [-0.3, -0.25) is 9.79 Å². The molecular formula is C21H30IN5O2. The summed E-state index contributed by atoms with van der Waals surface area (Å²) in [6, 6.07) is 9.83. The summed E-state index contributed by atoms with van der Waals surface area (Å²) in [6.45, 7) is 5.27. The number of benzene rings is 1. The summed E-state index contributed by atoms with van der Waals surface area (Å²) in [7, 11) is 1.73. The molecule has 1 aromatic carbocycles. The smallest absolute Gasteiger partial charge is 0.227 e. The van der Waals surface area contributed by atoms with Crippen LogP contribution in [0.4, 0.5) is 5.69 Å². The summed E-state index contributed by atoms with van der Waals surface area (Å²) in [4.78, 5) is 16.3. The minimum absolute atomic E-state index is 0. The third-order valence-corrected chi connectivity index (χ3v) is 4.95. The van der Waals surface area contributed by atoms with Gasteiger partial charge < -0.3 is 20.5 Å². The maximum atomic E-state index is 12.1. The van der Waals surface area contributed by atoms with Crippen LogP contribution in [-0.2, 0) is 17.9 Å². The van der Waals surface area contributed by atoms with Gasteiger partial charge in [0.25, 0.3) is 0 Å². The van der Waals surface area contributed by atoms with Gasteiger partial charge in [0.05, 0.1) is 12.2 Å². The van der Waals surface area contributed by atoms with Gasteiger partial charge in [0.2, 0.25) is 5.91 Å². The Balaban J connectivity index is 0.00000300. The number of carbonyl (C=O) groups is 1. The molecule has 0 atom stereocenters. The van der Waals surface area contributed by atoms with Gasteiger partial charge in [0.1, 0.15) is 0 Å². The molecule has 3 N–H and O–H groups in total. The first kappa shape index (κ1) is 23.2. The van der Waals surface area contributed by atoms with E-state index in [9.17, 15) is 4.79 Å². The van der Waals surface area contributed by atoms with Crippen LogP contribution in [0.2, 0.25) is 0 Å². The van der Waals surface area contributed by atoms with Crippen molar-refractivity contribution >= 4 is 41.5 Å². The molecule has 0 aliphatic heterocycles. The average Bonchev–Trinajstić information content (AvgIpc) is 3.10. The van der Waals surface area contributed by atoms with Crippen LogP contribution in [0, 0.1) is 5.92 Å². The topological polar surface area (TPSA) is 91.5 Å². The molecule has 0 spiro atoms. The molecule has 158 valence electrons. The number of anilines is 1. The fourth-order valence-corrected chi connectivity index (χ4v) is 2.94. The van der Waals surface area contributed by atoms with Crippen LogP contribution < -0.4 is 16.0 Å². The van der Waals surface area contributed by atoms with E-state index >= 15 is 0 Å². The Hall–Kier alpha value is -2.10. The molecule has 1 aliphatic rings. The number of carbonyl (C=O) groups excluding carboxylic acids is 1. The number of nitrogens with zero attached hydrogens (tertiary/aromatic N) is 2. The van der Waals surface area contributed by atoms with Crippen molar-refractivity contribution in [2.24, 2.45) is 10.9 Å². The zero-order valence-electron chi connectivity index (χ0n) is 17.2. The fourth-order valence-electron chi connectivity index (χ4n) is 2.94. The summed E-state index contributed by atoms with van der Waals surface area (Å²) in [5.41, 5.74) is 2.85. The molecule has 8 heteroatoms. The molecule has 0 saturated heterocycles. The Morgan fingerprint density at radius 1 is 1.24 bits per heavy atom. The second kappa shape index (κ2) is 11.2. The van der Waals surface area contributed by atoms with E-state index in [1.165, 1.54) is 0 Å². The Labute approximate surface area is 189 Å². The molecule has 0 unspecified atom stereocenters. The lowest BCUT2D eigenvalue weighted by Crippen LogP contribution is -2.36. The summed E-state index contributed by atoms with van der Waals surface area (Å²) < 4.78 is 5.33. The van der Waals surface area contributed by atoms with E-state index < -0.39 is 0 Å². The van der Waals surface area contributed by atoms with E-state index in [1.807, 2.05) is 30.3 Å². The number of guanidine groups is 1. The second-order valence-electron chi connectivity index (χ2n) is 7.47. The number of hydrogen-bond donors (Lipinski definition) is 3. The average molecular weight is 511 g/mol. The molecule has 1 fully saturated rings. The largest absolute Gasteiger partial charge is 0.359 e. The number of aromatic nitrogens is 1. The van der Waals surface area contributed by atoms with Crippen LogP contribution in [0.25, 0.3) is 0 Å². The van der Waals surface area contributed by atoms with E-state index in [1.54, 1.807) is 7.05 Å². The first-order valence-electron chi connectivity index (χ1n) is 9.85. The molecule has 1 saturated carbocycles. The summed E-state index contributed by atoms with van der Waals surface area (Å²) >= 11 is 0. The molecule has 1 aliphatic carbocycles. The third kappa shape index (κ3) is 6.73. The van der Waals surface area contributed by atoms with Crippen molar-refractivity contribution in [3.05, 3.63) is 47.3 Å². The number of nitrogens with one attached hydrogen (secondary N) is 3. The predicted octanol–water partition coefficient (Wildman–Crippen LogP) is 4.02. The minimum atomic E-state index is 0. The van der Waals surface area contributed by atoms with Gasteiger partial charge in [-0.1, -0.05) is 37.6 Å². The molecule has 1 amide bonds. The number of hydrogen-bond acceptors (Lipinski definition) is 4. The minimum Gasteiger partial charge on any atom is -0.359 e. The molecule has 0 radical (unpaired) electrons. The third-order valence-electron chi connectivity index (χ3n) is 4.95. The lowest BCUT2D eigenvalue weighted by molar-refractivity contribution is -0.122. The lowest BCUT2D eigenvalue weighted by Gasteiger charge is -2.24. The van der Waals surface area contributed by atoms with Crippen LogP contribution in [0.15, 0.2) is 39.8 Å². The van der Waals surface area contributed by atoms with Gasteiger partial charge in [-0.05, 0) is 36.5 Å². The van der Waals surface area contributed by atoms with Gasteiger partial charge in [0, 0.05) is 31.3 Å². The number of rotatable bonds is 7. The first-order valence-corrected chi connectivity index (χ1v) is 9.85. The Morgan fingerprint density at radius 2 is 2.00 bits per heavy atom. The van der Waals surface area contributed by atoms with Crippen LogP contribution >= 0.6 is 24.0 Å². The standard InChI is InChI=1S/C21H29N5O2.HI/c1-14(2)19-11-18(28-26-19)13-24-21(22-3)23-12-15-6-4-9-17(10-15)25-20(27)16-7-5-8-16;/h4,6,9-11,14,16H,5,7-8,12-13H2,1-3H3,(H,25,27)(H2,22,23,24);1H. The van der Waals surface area contributed by atoms with Gasteiger partial charge in [-0.25, -0.2) is 0 Å². The molecular weight excluding hydrogens is 481 g/mol. The predicted molar refractivity (Wildman–Crippen MR) is 125 cm³/mol. The normalized spacial score (nSPS) is 14.1. The van der Waals surface area contributed by atoms with Crippen molar-refractivity contribution in [1.82, 2.24) is 15.8 Å². The highest BCUT2D eigenvalue weighted by atomic mass is 127. The van der Waals surface area contributed by atoms with E-state index in [4.69, 9.17) is 4.52 Å². The Morgan fingerprint density at radius 3 is 2.62 bits per heavy atom. The molecule has 1 heterocycles. The quantitative estimate of drug-likeness (QED) is 0.297. The Bertz CT molecular complexity index is 830. The first-order chi connectivity index (χ1) is 13.5. The van der Waals surface area contributed by atoms with Crippen molar-refractivity contribution in [2.75, 3.05) is 12.4 Å². The van der Waals surface area contributed by atoms with Gasteiger partial charge >= 0.3 is 0 Å². The zero-order chi connectivity index (χ0) is 19.9. The molecule has 3 rings (SSSR count). The lowest BCUT2D eigenvalue weighted by atomic mass is 9.85. The monoisotopic (exact) mass is 511 g/mol. The van der Waals surface area contributed by atoms with Crippen LogP contribution in [-0.4, -0.2) is 24.1 Å². The molecule has 1 aromatic heterocycles. The highest BCUT2D eigenvalue weighted by Gasteiger charge is 2.25. The highest BCUT2D eigenvalue weighted by Crippen LogP contribution is 2.27. The SMILES string of the molecule is CN=C(NCc1cccc(NC(=O)C2CCC2)c1)NCc1cc(C(C)C)no1.I. The molecule has 7 nitrogen and oxygen atoms in total. The van der Waals surface area contributed by atoms with Crippen molar-refractivity contribution in [3.63, 3.8) is 0 Å². The number of amides is 1. The van der Waals surface area contributed by atoms with Crippen molar-refractivity contribution in [3.8, 4) is 0 Å². The summed E-state index contributed by atoms with van der Waals surface area (Å²) in [5.74, 6) is 2.09. The Kier molecular flexibility index (Phi) is 8.94.